The van der Waals surface area contributed by atoms with E-state index < -0.39 is 0 Å². The molecule has 0 aromatic heterocycles. The number of carbonyl (C=O) groups is 1. The normalized spacial score (nSPS) is 10.7. The summed E-state index contributed by atoms with van der Waals surface area (Å²) in [7, 11) is 0. The van der Waals surface area contributed by atoms with Crippen molar-refractivity contribution in [2.45, 2.75) is 26.2 Å². The smallest absolute Gasteiger partial charge is 0.228 e. The third kappa shape index (κ3) is 4.76. The minimum atomic E-state index is -0.0920. The first-order valence-electron chi connectivity index (χ1n) is 6.79. The van der Waals surface area contributed by atoms with Crippen LogP contribution >= 0.6 is 23.2 Å². The van der Waals surface area contributed by atoms with Gasteiger partial charge in [-0.2, -0.15) is 0 Å². The Hall–Kier alpha value is -1.51. The van der Waals surface area contributed by atoms with Crippen LogP contribution in [0.25, 0.3) is 0 Å². The molecule has 0 fully saturated rings. The lowest BCUT2D eigenvalue weighted by molar-refractivity contribution is -0.115. The maximum absolute atomic E-state index is 12.0. The molecule has 0 radical (unpaired) electrons. The maximum Gasteiger partial charge on any atom is 0.228 e. The van der Waals surface area contributed by atoms with Gasteiger partial charge in [-0.15, -0.1) is 0 Å². The van der Waals surface area contributed by atoms with Crippen molar-refractivity contribution in [3.05, 3.63) is 63.6 Å². The van der Waals surface area contributed by atoms with E-state index in [1.807, 2.05) is 12.1 Å². The summed E-state index contributed by atoms with van der Waals surface area (Å²) in [6.45, 7) is 4.29. The Morgan fingerprint density at radius 1 is 1.05 bits per heavy atom. The zero-order valence-electron chi connectivity index (χ0n) is 12.0. The highest BCUT2D eigenvalue weighted by molar-refractivity contribution is 6.35. The van der Waals surface area contributed by atoms with Gasteiger partial charge in [0, 0.05) is 15.7 Å². The minimum Gasteiger partial charge on any atom is -0.326 e. The van der Waals surface area contributed by atoms with Crippen LogP contribution in [-0.4, -0.2) is 5.91 Å². The largest absolute Gasteiger partial charge is 0.326 e. The van der Waals surface area contributed by atoms with E-state index >= 15 is 0 Å². The van der Waals surface area contributed by atoms with Crippen LogP contribution in [0.1, 0.15) is 30.9 Å². The second kappa shape index (κ2) is 6.97. The monoisotopic (exact) mass is 321 g/mol. The highest BCUT2D eigenvalue weighted by atomic mass is 35.5. The SMILES string of the molecule is CC(C)c1ccc(CC(=O)Nc2cc(Cl)cc(Cl)c2)cc1. The van der Waals surface area contributed by atoms with Crippen molar-refractivity contribution < 1.29 is 4.79 Å². The molecular formula is C17H17Cl2NO. The van der Waals surface area contributed by atoms with Crippen LogP contribution in [0.15, 0.2) is 42.5 Å². The molecule has 0 unspecified atom stereocenters. The number of halogens is 2. The molecule has 1 N–H and O–H groups in total. The van der Waals surface area contributed by atoms with Crippen molar-refractivity contribution in [2.24, 2.45) is 0 Å². The summed E-state index contributed by atoms with van der Waals surface area (Å²) in [5.41, 5.74) is 2.85. The van der Waals surface area contributed by atoms with Crippen molar-refractivity contribution in [1.82, 2.24) is 0 Å². The van der Waals surface area contributed by atoms with E-state index in [1.54, 1.807) is 18.2 Å². The van der Waals surface area contributed by atoms with Crippen molar-refractivity contribution in [1.29, 1.82) is 0 Å². The molecule has 2 rings (SSSR count). The number of benzene rings is 2. The zero-order valence-corrected chi connectivity index (χ0v) is 13.5. The van der Waals surface area contributed by atoms with Gasteiger partial charge in [-0.25, -0.2) is 0 Å². The van der Waals surface area contributed by atoms with Gasteiger partial charge in [0.1, 0.15) is 0 Å². The van der Waals surface area contributed by atoms with E-state index in [-0.39, 0.29) is 5.91 Å². The number of amides is 1. The van der Waals surface area contributed by atoms with E-state index in [9.17, 15) is 4.79 Å². The Morgan fingerprint density at radius 2 is 1.62 bits per heavy atom. The molecule has 0 aliphatic rings. The van der Waals surface area contributed by atoms with E-state index in [4.69, 9.17) is 23.2 Å². The number of carbonyl (C=O) groups excluding carboxylic acids is 1. The summed E-state index contributed by atoms with van der Waals surface area (Å²) < 4.78 is 0. The second-order valence-corrected chi connectivity index (χ2v) is 6.15. The average molecular weight is 322 g/mol. The van der Waals surface area contributed by atoms with Crippen molar-refractivity contribution in [3.8, 4) is 0 Å². The fourth-order valence-corrected chi connectivity index (χ4v) is 2.56. The van der Waals surface area contributed by atoms with Gasteiger partial charge in [-0.1, -0.05) is 61.3 Å². The summed E-state index contributed by atoms with van der Waals surface area (Å²) in [6.07, 6.45) is 0.322. The van der Waals surface area contributed by atoms with Crippen LogP contribution in [0, 0.1) is 0 Å². The van der Waals surface area contributed by atoms with E-state index in [1.165, 1.54) is 5.56 Å². The highest BCUT2D eigenvalue weighted by Gasteiger charge is 2.06. The van der Waals surface area contributed by atoms with Crippen LogP contribution < -0.4 is 5.32 Å². The Kier molecular flexibility index (Phi) is 5.27. The topological polar surface area (TPSA) is 29.1 Å². The standard InChI is InChI=1S/C17H17Cl2NO/c1-11(2)13-5-3-12(4-6-13)7-17(21)20-16-9-14(18)8-15(19)10-16/h3-6,8-11H,7H2,1-2H3,(H,20,21). The van der Waals surface area contributed by atoms with Crippen LogP contribution in [0.2, 0.25) is 10.0 Å². The predicted octanol–water partition coefficient (Wildman–Crippen LogP) is 5.30. The van der Waals surface area contributed by atoms with Crippen LogP contribution in [0.5, 0.6) is 0 Å². The van der Waals surface area contributed by atoms with Crippen LogP contribution in [0.4, 0.5) is 5.69 Å². The zero-order chi connectivity index (χ0) is 15.4. The van der Waals surface area contributed by atoms with Crippen molar-refractivity contribution >= 4 is 34.8 Å². The fourth-order valence-electron chi connectivity index (χ4n) is 2.04. The van der Waals surface area contributed by atoms with Gasteiger partial charge in [-0.05, 0) is 35.2 Å². The van der Waals surface area contributed by atoms with E-state index in [0.717, 1.165) is 5.56 Å². The second-order valence-electron chi connectivity index (χ2n) is 5.28. The molecule has 0 aliphatic heterocycles. The van der Waals surface area contributed by atoms with Gasteiger partial charge < -0.3 is 5.32 Å². The van der Waals surface area contributed by atoms with Crippen molar-refractivity contribution in [2.75, 3.05) is 5.32 Å². The molecule has 0 heterocycles. The predicted molar refractivity (Wildman–Crippen MR) is 89.3 cm³/mol. The van der Waals surface area contributed by atoms with Crippen molar-refractivity contribution in [3.63, 3.8) is 0 Å². The first kappa shape index (κ1) is 15.9. The molecule has 2 aromatic rings. The van der Waals surface area contributed by atoms with Gasteiger partial charge in [0.05, 0.1) is 6.42 Å². The van der Waals surface area contributed by atoms with Crippen LogP contribution in [-0.2, 0) is 11.2 Å². The fraction of sp³-hybridized carbons (Fsp3) is 0.235. The average Bonchev–Trinajstić information content (AvgIpc) is 2.37. The summed E-state index contributed by atoms with van der Waals surface area (Å²) in [4.78, 5) is 12.0. The third-order valence-electron chi connectivity index (χ3n) is 3.16. The third-order valence-corrected chi connectivity index (χ3v) is 3.59. The molecule has 0 bridgehead atoms. The van der Waals surface area contributed by atoms with E-state index in [2.05, 4.69) is 31.3 Å². The molecule has 2 nitrogen and oxygen atoms in total. The maximum atomic E-state index is 12.0. The van der Waals surface area contributed by atoms with Gasteiger partial charge in [0.2, 0.25) is 5.91 Å². The minimum absolute atomic E-state index is 0.0920. The lowest BCUT2D eigenvalue weighted by Crippen LogP contribution is -2.14. The summed E-state index contributed by atoms with van der Waals surface area (Å²) in [6, 6.07) is 13.1. The first-order chi connectivity index (χ1) is 9.94. The molecule has 0 aliphatic carbocycles. The van der Waals surface area contributed by atoms with Gasteiger partial charge in [0.15, 0.2) is 0 Å². The lowest BCUT2D eigenvalue weighted by atomic mass is 10.0. The Morgan fingerprint density at radius 3 is 2.14 bits per heavy atom. The quantitative estimate of drug-likeness (QED) is 0.813. The highest BCUT2D eigenvalue weighted by Crippen LogP contribution is 2.22. The molecule has 2 aromatic carbocycles. The first-order valence-corrected chi connectivity index (χ1v) is 7.54. The molecule has 4 heteroatoms. The molecule has 0 spiro atoms. The number of hydrogen-bond donors (Lipinski definition) is 1. The molecule has 1 amide bonds. The number of anilines is 1. The molecule has 0 saturated heterocycles. The van der Waals surface area contributed by atoms with Gasteiger partial charge in [0.25, 0.3) is 0 Å². The lowest BCUT2D eigenvalue weighted by Gasteiger charge is -2.08. The number of hydrogen-bond acceptors (Lipinski definition) is 1. The Bertz CT molecular complexity index is 615. The molecule has 0 atom stereocenters. The Balaban J connectivity index is 2.01. The Labute approximate surface area is 135 Å². The molecule has 110 valence electrons. The van der Waals surface area contributed by atoms with Gasteiger partial charge in [-0.3, -0.25) is 4.79 Å². The number of nitrogens with one attached hydrogen (secondary N) is 1. The van der Waals surface area contributed by atoms with Gasteiger partial charge >= 0.3 is 0 Å². The number of rotatable bonds is 4. The summed E-state index contributed by atoms with van der Waals surface area (Å²) in [5.74, 6) is 0.395. The molecular weight excluding hydrogens is 305 g/mol. The van der Waals surface area contributed by atoms with E-state index in [0.29, 0.717) is 28.1 Å². The molecule has 0 saturated carbocycles. The summed E-state index contributed by atoms with van der Waals surface area (Å²) in [5, 5.41) is 3.80. The molecule has 21 heavy (non-hydrogen) atoms. The van der Waals surface area contributed by atoms with Crippen LogP contribution in [0.3, 0.4) is 0 Å². The summed E-state index contributed by atoms with van der Waals surface area (Å²) >= 11 is 11.8.